The van der Waals surface area contributed by atoms with Crippen molar-refractivity contribution in [2.75, 3.05) is 27.4 Å². The smallest absolute Gasteiger partial charge is 0.308 e. The van der Waals surface area contributed by atoms with Crippen LogP contribution >= 0.6 is 0 Å². The number of hydrogen-bond acceptors (Lipinski definition) is 3. The molecular weight excluding hydrogens is 458 g/mol. The molecule has 2 aromatic carbocycles. The molecule has 0 heterocycles. The third kappa shape index (κ3) is 14.9. The third-order valence-electron chi connectivity index (χ3n) is 7.05. The second kappa shape index (κ2) is 18.8. The highest BCUT2D eigenvalue weighted by Crippen LogP contribution is 2.21. The minimum absolute atomic E-state index is 0.0105. The Morgan fingerprint density at radius 1 is 0.730 bits per heavy atom. The summed E-state index contributed by atoms with van der Waals surface area (Å²) in [6, 6.07) is 18.7. The van der Waals surface area contributed by atoms with Crippen molar-refractivity contribution in [1.82, 2.24) is 0 Å². The maximum atomic E-state index is 12.2. The van der Waals surface area contributed by atoms with Gasteiger partial charge in [0.05, 0.1) is 20.6 Å². The SMILES string of the molecule is CCCCCCCCCCCCc1ccccc1OCOC(=O)CCCC[N+](C)(C)Cc1ccccc1. The highest BCUT2D eigenvalue weighted by atomic mass is 16.7. The zero-order valence-electron chi connectivity index (χ0n) is 23.9. The first-order chi connectivity index (χ1) is 18.0. The summed E-state index contributed by atoms with van der Waals surface area (Å²) in [7, 11) is 4.48. The van der Waals surface area contributed by atoms with Crippen molar-refractivity contribution in [3.05, 3.63) is 65.7 Å². The molecule has 0 unspecified atom stereocenters. The number of esters is 1. The van der Waals surface area contributed by atoms with Gasteiger partial charge in [-0.25, -0.2) is 0 Å². The number of carbonyl (C=O) groups is 1. The van der Waals surface area contributed by atoms with Crippen LogP contribution in [-0.4, -0.2) is 37.9 Å². The molecule has 0 fully saturated rings. The second-order valence-corrected chi connectivity index (χ2v) is 11.1. The van der Waals surface area contributed by atoms with Gasteiger partial charge < -0.3 is 14.0 Å². The van der Waals surface area contributed by atoms with Crippen molar-refractivity contribution >= 4 is 5.97 Å². The number of carbonyl (C=O) groups excluding carboxylic acids is 1. The van der Waals surface area contributed by atoms with Gasteiger partial charge in [-0.2, -0.15) is 0 Å². The van der Waals surface area contributed by atoms with Crippen molar-refractivity contribution in [3.63, 3.8) is 0 Å². The largest absolute Gasteiger partial charge is 0.457 e. The van der Waals surface area contributed by atoms with Crippen molar-refractivity contribution < 1.29 is 18.8 Å². The van der Waals surface area contributed by atoms with Gasteiger partial charge in [0.1, 0.15) is 12.3 Å². The van der Waals surface area contributed by atoms with Gasteiger partial charge in [0.25, 0.3) is 0 Å². The van der Waals surface area contributed by atoms with Gasteiger partial charge in [-0.3, -0.25) is 4.79 Å². The van der Waals surface area contributed by atoms with E-state index in [0.29, 0.717) is 6.42 Å². The van der Waals surface area contributed by atoms with Crippen LogP contribution in [-0.2, 0) is 22.5 Å². The highest BCUT2D eigenvalue weighted by Gasteiger charge is 2.16. The Kier molecular flexibility index (Phi) is 15.7. The molecule has 37 heavy (non-hydrogen) atoms. The minimum atomic E-state index is -0.180. The molecule has 0 amide bonds. The fraction of sp³-hybridized carbons (Fsp3) is 0.606. The van der Waals surface area contributed by atoms with E-state index in [1.807, 2.05) is 12.1 Å². The maximum Gasteiger partial charge on any atom is 0.308 e. The summed E-state index contributed by atoms with van der Waals surface area (Å²) in [6.45, 7) is 4.29. The van der Waals surface area contributed by atoms with Crippen LogP contribution in [0, 0.1) is 0 Å². The average Bonchev–Trinajstić information content (AvgIpc) is 2.89. The lowest BCUT2D eigenvalue weighted by Crippen LogP contribution is -2.39. The van der Waals surface area contributed by atoms with Crippen LogP contribution in [0.4, 0.5) is 0 Å². The molecule has 0 aliphatic heterocycles. The van der Waals surface area contributed by atoms with E-state index < -0.39 is 0 Å². The van der Waals surface area contributed by atoms with Gasteiger partial charge in [-0.05, 0) is 37.3 Å². The van der Waals surface area contributed by atoms with Crippen molar-refractivity contribution in [2.45, 2.75) is 103 Å². The number of unbranched alkanes of at least 4 members (excludes halogenated alkanes) is 10. The van der Waals surface area contributed by atoms with Crippen LogP contribution in [0.3, 0.4) is 0 Å². The molecule has 206 valence electrons. The quantitative estimate of drug-likeness (QED) is 0.0731. The molecule has 2 rings (SSSR count). The Hall–Kier alpha value is -2.33. The van der Waals surface area contributed by atoms with Crippen LogP contribution < -0.4 is 4.74 Å². The number of para-hydroxylation sites is 1. The molecule has 0 aliphatic rings. The van der Waals surface area contributed by atoms with E-state index in [2.05, 4.69) is 63.5 Å². The zero-order valence-corrected chi connectivity index (χ0v) is 23.9. The lowest BCUT2D eigenvalue weighted by atomic mass is 10.0. The molecule has 2 aromatic rings. The molecule has 4 heteroatoms. The standard InChI is InChI=1S/C33H52NO3/c1-4-5-6-7-8-9-10-11-12-16-23-31-24-17-18-25-32(31)36-29-37-33(35)26-19-20-27-34(2,3)28-30-21-14-13-15-22-30/h13-15,17-18,21-22,24-25H,4-12,16,19-20,23,26-29H2,1-3H3/q+1. The van der Waals surface area contributed by atoms with E-state index in [1.165, 1.54) is 75.3 Å². The maximum absolute atomic E-state index is 12.2. The first-order valence-corrected chi connectivity index (χ1v) is 14.7. The number of aryl methyl sites for hydroxylation is 1. The Bertz CT molecular complexity index is 850. The topological polar surface area (TPSA) is 35.5 Å². The van der Waals surface area contributed by atoms with Gasteiger partial charge in [0.2, 0.25) is 6.79 Å². The molecule has 4 nitrogen and oxygen atoms in total. The molecule has 0 bridgehead atoms. The number of hydrogen-bond donors (Lipinski definition) is 0. The van der Waals surface area contributed by atoms with Crippen molar-refractivity contribution in [1.29, 1.82) is 0 Å². The minimum Gasteiger partial charge on any atom is -0.457 e. The summed E-state index contributed by atoms with van der Waals surface area (Å²) in [6.07, 6.45) is 16.7. The molecule has 0 atom stereocenters. The fourth-order valence-corrected chi connectivity index (χ4v) is 4.85. The van der Waals surface area contributed by atoms with E-state index in [9.17, 15) is 4.79 Å². The van der Waals surface area contributed by atoms with Gasteiger partial charge in [-0.1, -0.05) is 113 Å². The molecule has 0 N–H and O–H groups in total. The summed E-state index contributed by atoms with van der Waals surface area (Å²) in [5.41, 5.74) is 2.55. The van der Waals surface area contributed by atoms with Crippen molar-refractivity contribution in [3.8, 4) is 5.75 Å². The number of ether oxygens (including phenoxy) is 2. The van der Waals surface area contributed by atoms with Crippen molar-refractivity contribution in [2.24, 2.45) is 0 Å². The molecule has 0 saturated carbocycles. The zero-order chi connectivity index (χ0) is 26.6. The van der Waals surface area contributed by atoms with E-state index in [0.717, 1.165) is 42.6 Å². The van der Waals surface area contributed by atoms with E-state index in [-0.39, 0.29) is 12.8 Å². The summed E-state index contributed by atoms with van der Waals surface area (Å²) in [5, 5.41) is 0. The average molecular weight is 511 g/mol. The lowest BCUT2D eigenvalue weighted by Gasteiger charge is -2.30. The summed E-state index contributed by atoms with van der Waals surface area (Å²) >= 11 is 0. The second-order valence-electron chi connectivity index (χ2n) is 11.1. The molecule has 0 saturated heterocycles. The predicted molar refractivity (Wildman–Crippen MR) is 155 cm³/mol. The van der Waals surface area contributed by atoms with Gasteiger partial charge in [0.15, 0.2) is 0 Å². The van der Waals surface area contributed by atoms with E-state index in [4.69, 9.17) is 9.47 Å². The Labute approximate surface area is 227 Å². The van der Waals surface area contributed by atoms with Crippen LogP contribution in [0.2, 0.25) is 0 Å². The predicted octanol–water partition coefficient (Wildman–Crippen LogP) is 8.48. The summed E-state index contributed by atoms with van der Waals surface area (Å²) < 4.78 is 12.1. The number of quaternary nitrogens is 1. The highest BCUT2D eigenvalue weighted by molar-refractivity contribution is 5.69. The van der Waals surface area contributed by atoms with Crippen LogP contribution in [0.5, 0.6) is 5.75 Å². The fourth-order valence-electron chi connectivity index (χ4n) is 4.85. The molecule has 0 spiro atoms. The van der Waals surface area contributed by atoms with Gasteiger partial charge in [0, 0.05) is 12.0 Å². The van der Waals surface area contributed by atoms with Gasteiger partial charge in [-0.15, -0.1) is 0 Å². The van der Waals surface area contributed by atoms with Gasteiger partial charge >= 0.3 is 5.97 Å². The number of nitrogens with zero attached hydrogens (tertiary/aromatic N) is 1. The molecule has 0 aliphatic carbocycles. The first-order valence-electron chi connectivity index (χ1n) is 14.7. The van der Waals surface area contributed by atoms with E-state index in [1.54, 1.807) is 0 Å². The monoisotopic (exact) mass is 510 g/mol. The third-order valence-corrected chi connectivity index (χ3v) is 7.05. The molecular formula is C33H52NO3+. The van der Waals surface area contributed by atoms with E-state index >= 15 is 0 Å². The first kappa shape index (κ1) is 30.9. The lowest BCUT2D eigenvalue weighted by molar-refractivity contribution is -0.903. The van der Waals surface area contributed by atoms with Crippen LogP contribution in [0.1, 0.15) is 102 Å². The number of benzene rings is 2. The number of rotatable bonds is 21. The Balaban J connectivity index is 1.55. The molecule has 0 aromatic heterocycles. The summed E-state index contributed by atoms with van der Waals surface area (Å²) in [4.78, 5) is 12.2. The van der Waals surface area contributed by atoms with Crippen LogP contribution in [0.15, 0.2) is 54.6 Å². The van der Waals surface area contributed by atoms with Crippen LogP contribution in [0.25, 0.3) is 0 Å². The summed E-state index contributed by atoms with van der Waals surface area (Å²) in [5.74, 6) is 0.659. The Morgan fingerprint density at radius 2 is 1.35 bits per heavy atom. The normalized spacial score (nSPS) is 11.4. The Morgan fingerprint density at radius 3 is 2.05 bits per heavy atom. The molecule has 0 radical (unpaired) electrons.